The van der Waals surface area contributed by atoms with Crippen LogP contribution in [0.15, 0.2) is 132 Å². The maximum absolute atomic E-state index is 14.2. The van der Waals surface area contributed by atoms with Crippen molar-refractivity contribution in [1.29, 1.82) is 0 Å². The van der Waals surface area contributed by atoms with Gasteiger partial charge in [-0.05, 0) is 49.2 Å². The molecular weight excluding hydrogens is 774 g/mol. The summed E-state index contributed by atoms with van der Waals surface area (Å²) in [5.74, 6) is -4.62. The lowest BCUT2D eigenvalue weighted by Gasteiger charge is -2.46. The van der Waals surface area contributed by atoms with E-state index in [0.717, 1.165) is 0 Å². The van der Waals surface area contributed by atoms with Gasteiger partial charge in [-0.2, -0.15) is 21.6 Å². The van der Waals surface area contributed by atoms with Crippen LogP contribution in [0.4, 0.5) is 13.2 Å². The number of likely N-dealkylation sites (tertiary alicyclic amines) is 1. The number of aryl methyl sites for hydroxylation is 1. The van der Waals surface area contributed by atoms with Crippen LogP contribution in [0.2, 0.25) is 0 Å². The van der Waals surface area contributed by atoms with Gasteiger partial charge in [-0.15, -0.1) is 0 Å². The Kier molecular flexibility index (Phi) is 12.1. The summed E-state index contributed by atoms with van der Waals surface area (Å²) in [6.45, 7) is 1.74. The Labute approximate surface area is 312 Å². The number of esters is 1. The molecule has 2 amide bonds. The average molecular weight is 805 g/mol. The first-order valence-corrected chi connectivity index (χ1v) is 20.1. The Hall–Kier alpha value is -5.33. The van der Waals surface area contributed by atoms with E-state index < -0.39 is 77.9 Å². The highest BCUT2D eigenvalue weighted by Crippen LogP contribution is 2.42. The second-order valence-corrected chi connectivity index (χ2v) is 17.1. The molecule has 284 valence electrons. The highest BCUT2D eigenvalue weighted by molar-refractivity contribution is 8.72. The number of rotatable bonds is 14. The van der Waals surface area contributed by atoms with E-state index in [0.29, 0.717) is 34.3 Å². The van der Waals surface area contributed by atoms with Crippen LogP contribution in [-0.4, -0.2) is 63.1 Å². The number of alkyl halides is 3. The molecule has 0 radical (unpaired) electrons. The fourth-order valence-electron chi connectivity index (χ4n) is 5.11. The highest BCUT2D eigenvalue weighted by atomic mass is 33.1. The Morgan fingerprint density at radius 3 is 1.87 bits per heavy atom. The molecule has 1 fully saturated rings. The van der Waals surface area contributed by atoms with Crippen LogP contribution in [-0.2, 0) is 42.3 Å². The second-order valence-electron chi connectivity index (χ2n) is 11.6. The molecule has 4 aromatic rings. The number of para-hydroxylation sites is 1. The minimum Gasteiger partial charge on any atom is -0.484 e. The summed E-state index contributed by atoms with van der Waals surface area (Å²) < 4.78 is 108. The molecule has 1 aliphatic heterocycles. The summed E-state index contributed by atoms with van der Waals surface area (Å²) in [6.07, 6.45) is -1.26. The lowest BCUT2D eigenvalue weighted by atomic mass is 10.0. The number of nitrogens with zero attached hydrogens (tertiary/aromatic N) is 1. The third kappa shape index (κ3) is 9.23. The molecule has 1 aliphatic rings. The summed E-state index contributed by atoms with van der Waals surface area (Å²) in [5, 5.41) is 0.571. The summed E-state index contributed by atoms with van der Waals surface area (Å²) in [4.78, 5) is 41.2. The lowest BCUT2D eigenvalue weighted by Crippen LogP contribution is -2.70. The number of hydrogen-bond donors (Lipinski definition) is 1. The van der Waals surface area contributed by atoms with E-state index in [2.05, 4.69) is 9.50 Å². The summed E-state index contributed by atoms with van der Waals surface area (Å²) >= 11 is 0. The molecule has 0 aromatic heterocycles. The van der Waals surface area contributed by atoms with Crippen molar-refractivity contribution in [2.45, 2.75) is 41.8 Å². The molecule has 0 bridgehead atoms. The van der Waals surface area contributed by atoms with Crippen LogP contribution in [0, 0.1) is 6.92 Å². The molecule has 18 heteroatoms. The van der Waals surface area contributed by atoms with Crippen LogP contribution in [0.5, 0.6) is 5.75 Å². The maximum atomic E-state index is 14.2. The minimum atomic E-state index is -6.42. The molecule has 4 aromatic carbocycles. The van der Waals surface area contributed by atoms with E-state index in [9.17, 15) is 44.4 Å². The van der Waals surface area contributed by atoms with Gasteiger partial charge in [0, 0.05) is 10.8 Å². The first kappa shape index (κ1) is 39.9. The van der Waals surface area contributed by atoms with Gasteiger partial charge in [-0.25, -0.2) is 13.2 Å². The number of nitrogens with one attached hydrogen (secondary N) is 1. The maximum Gasteiger partial charge on any atom is 0.534 e. The summed E-state index contributed by atoms with van der Waals surface area (Å²) in [5.41, 5.74) is -5.65. The molecule has 0 spiro atoms. The fourth-order valence-corrected chi connectivity index (χ4v) is 9.08. The van der Waals surface area contributed by atoms with Gasteiger partial charge < -0.3 is 19.0 Å². The van der Waals surface area contributed by atoms with E-state index in [4.69, 9.17) is 9.47 Å². The monoisotopic (exact) mass is 804 g/mol. The summed E-state index contributed by atoms with van der Waals surface area (Å²) in [7, 11) is -10.8. The second kappa shape index (κ2) is 16.4. The van der Waals surface area contributed by atoms with Crippen LogP contribution < -0.4 is 10.1 Å². The van der Waals surface area contributed by atoms with Crippen molar-refractivity contribution in [3.63, 3.8) is 0 Å². The quantitative estimate of drug-likeness (QED) is 0.0322. The van der Waals surface area contributed by atoms with Crippen molar-refractivity contribution >= 4 is 47.6 Å². The number of halogens is 3. The Morgan fingerprint density at radius 2 is 1.35 bits per heavy atom. The smallest absolute Gasteiger partial charge is 0.484 e. The average Bonchev–Trinajstić information content (AvgIpc) is 3.14. The van der Waals surface area contributed by atoms with E-state index in [1.165, 1.54) is 24.3 Å². The normalized spacial score (nSPS) is 16.6. The Bertz CT molecular complexity index is 2200. The first-order valence-electron chi connectivity index (χ1n) is 15.8. The Morgan fingerprint density at radius 1 is 0.833 bits per heavy atom. The lowest BCUT2D eigenvalue weighted by molar-refractivity contribution is -0.155. The van der Waals surface area contributed by atoms with Gasteiger partial charge in [0.2, 0.25) is 8.87 Å². The van der Waals surface area contributed by atoms with Gasteiger partial charge >= 0.3 is 21.6 Å². The number of ether oxygens (including phenoxy) is 2. The van der Waals surface area contributed by atoms with Crippen molar-refractivity contribution in [2.75, 3.05) is 6.61 Å². The van der Waals surface area contributed by atoms with Crippen LogP contribution >= 0.6 is 10.8 Å². The zero-order valence-electron chi connectivity index (χ0n) is 28.3. The number of benzene rings is 4. The van der Waals surface area contributed by atoms with E-state index in [-0.39, 0.29) is 15.7 Å². The first-order chi connectivity index (χ1) is 25.5. The number of hydrogen-bond acceptors (Lipinski definition) is 11. The van der Waals surface area contributed by atoms with Crippen LogP contribution in [0.3, 0.4) is 0 Å². The van der Waals surface area contributed by atoms with Gasteiger partial charge in [0.1, 0.15) is 22.9 Å². The van der Waals surface area contributed by atoms with Crippen molar-refractivity contribution in [2.24, 2.45) is 0 Å². The number of carbonyl (C=O) groups excluding carboxylic acids is 3. The van der Waals surface area contributed by atoms with E-state index >= 15 is 0 Å². The highest BCUT2D eigenvalue weighted by Gasteiger charge is 2.56. The number of carbonyl (C=O) groups is 3. The van der Waals surface area contributed by atoms with Crippen LogP contribution in [0.1, 0.15) is 29.7 Å². The molecule has 0 saturated carbocycles. The number of amides is 2. The van der Waals surface area contributed by atoms with Gasteiger partial charge in [0.25, 0.3) is 11.8 Å². The number of allylic oxidation sites excluding steroid dienone is 1. The minimum absolute atomic E-state index is 0.0750. The molecule has 0 unspecified atom stereocenters. The third-order valence-corrected chi connectivity index (χ3v) is 12.5. The van der Waals surface area contributed by atoms with Crippen LogP contribution in [0.25, 0.3) is 0 Å². The topological polar surface area (TPSA) is 162 Å². The number of β-lactam (4-membered cyclic amide) rings is 1. The van der Waals surface area contributed by atoms with Gasteiger partial charge in [-0.1, -0.05) is 96.6 Å². The zero-order valence-corrected chi connectivity index (χ0v) is 30.7. The standard InChI is InChI=1S/C36H31F3N2O10S3/c1-23-18-20-28(21-19-23)53(45,46)52-34-30(40-29(42)22-49-27-16-10-5-11-17-27)33(43)41(34)31(24(2)51-54(47,48)36(37,38)39)35(44)50-32(25-12-6-3-7-13-25)26-14-8-4-9-15-26/h3-21,30,32,34H,22H2,1-2H3,(H,40,42)/b31-24+/t30-,34-/m1/s1. The van der Waals surface area contributed by atoms with Crippen molar-refractivity contribution in [3.8, 4) is 5.75 Å². The van der Waals surface area contributed by atoms with Crippen molar-refractivity contribution in [3.05, 3.63) is 143 Å². The molecule has 2 atom stereocenters. The molecular formula is C36H31F3N2O10S3. The van der Waals surface area contributed by atoms with Gasteiger partial charge in [-0.3, -0.25) is 14.5 Å². The Balaban J connectivity index is 1.57. The van der Waals surface area contributed by atoms with E-state index in [1.54, 1.807) is 97.9 Å². The van der Waals surface area contributed by atoms with Crippen molar-refractivity contribution < 1.29 is 58.0 Å². The third-order valence-electron chi connectivity index (χ3n) is 7.72. The largest absolute Gasteiger partial charge is 0.534 e. The predicted octanol–water partition coefficient (Wildman–Crippen LogP) is 5.58. The van der Waals surface area contributed by atoms with Crippen molar-refractivity contribution in [1.82, 2.24) is 10.2 Å². The van der Waals surface area contributed by atoms with Gasteiger partial charge in [0.15, 0.2) is 18.4 Å². The molecule has 1 saturated heterocycles. The molecule has 0 aliphatic carbocycles. The molecule has 1 N–H and O–H groups in total. The fraction of sp³-hybridized carbons (Fsp3) is 0.194. The zero-order chi connectivity index (χ0) is 39.3. The molecule has 5 rings (SSSR count). The van der Waals surface area contributed by atoms with E-state index in [1.807, 2.05) is 0 Å². The SMILES string of the molecule is C/C(OS(=O)(=O)C(F)(F)F)=C(/C(=O)OC(c1ccccc1)c1ccccc1)N1C(=O)[C@@H](NC(=O)COc2ccccc2)[C@H]1SS(=O)(=O)c1ccc(C)cc1. The van der Waals surface area contributed by atoms with Gasteiger partial charge in [0.05, 0.1) is 4.90 Å². The molecule has 12 nitrogen and oxygen atoms in total. The predicted molar refractivity (Wildman–Crippen MR) is 190 cm³/mol. The molecule has 1 heterocycles. The molecule has 54 heavy (non-hydrogen) atoms. The summed E-state index contributed by atoms with van der Waals surface area (Å²) in [6, 6.07) is 28.0.